The molecule has 0 aromatic heterocycles. The van der Waals surface area contributed by atoms with E-state index in [1.54, 1.807) is 18.2 Å². The fourth-order valence-corrected chi connectivity index (χ4v) is 1.73. The van der Waals surface area contributed by atoms with E-state index in [1.807, 2.05) is 0 Å². The Balaban J connectivity index is 1.85. The highest BCUT2D eigenvalue weighted by atomic mass is 16.6. The minimum Gasteiger partial charge on any atom is -0.485 e. The average Bonchev–Trinajstić information content (AvgIpc) is 2.81. The summed E-state index contributed by atoms with van der Waals surface area (Å²) in [7, 11) is 0. The molecule has 0 spiro atoms. The van der Waals surface area contributed by atoms with Crippen LogP contribution in [-0.4, -0.2) is 31.6 Å². The molecule has 3 rings (SSSR count). The van der Waals surface area contributed by atoms with Gasteiger partial charge in [0.25, 0.3) is 0 Å². The molecular formula is C11H12N2O2. The van der Waals surface area contributed by atoms with Gasteiger partial charge in [0.2, 0.25) is 0 Å². The molecule has 1 aromatic carbocycles. The van der Waals surface area contributed by atoms with Gasteiger partial charge in [0, 0.05) is 6.54 Å². The topological polar surface area (TPSA) is 42.8 Å². The molecule has 0 bridgehead atoms. The van der Waals surface area contributed by atoms with E-state index in [9.17, 15) is 0 Å². The summed E-state index contributed by atoms with van der Waals surface area (Å²) in [6, 6.07) is 5.53. The Morgan fingerprint density at radius 1 is 1.47 bits per heavy atom. The van der Waals surface area contributed by atoms with Crippen LogP contribution in [-0.2, 0) is 0 Å². The van der Waals surface area contributed by atoms with Gasteiger partial charge in [-0.15, -0.1) is 0 Å². The summed E-state index contributed by atoms with van der Waals surface area (Å²) in [4.78, 5) is 4.31. The number of para-hydroxylation sites is 2. The van der Waals surface area contributed by atoms with Crippen LogP contribution in [0.25, 0.3) is 0 Å². The first-order chi connectivity index (χ1) is 7.83. The second kappa shape index (κ2) is 3.46. The fraction of sp³-hybridized carbons (Fsp3) is 0.364. The molecule has 0 amide bonds. The molecule has 0 saturated carbocycles. The van der Waals surface area contributed by atoms with Crippen molar-refractivity contribution in [3.05, 3.63) is 24.2 Å². The van der Waals surface area contributed by atoms with Crippen LogP contribution in [0.15, 0.2) is 29.2 Å². The van der Waals surface area contributed by atoms with Crippen LogP contribution in [0.5, 0.6) is 11.5 Å². The largest absolute Gasteiger partial charge is 0.485 e. The minimum absolute atomic E-state index is 0.170. The van der Waals surface area contributed by atoms with Crippen LogP contribution < -0.4 is 14.8 Å². The van der Waals surface area contributed by atoms with Crippen molar-refractivity contribution < 1.29 is 10.8 Å². The lowest BCUT2D eigenvalue weighted by molar-refractivity contribution is 0.133. The molecule has 0 saturated heterocycles. The van der Waals surface area contributed by atoms with Crippen molar-refractivity contribution in [1.29, 1.82) is 0 Å². The number of aliphatic imine (C=N–C) groups is 1. The van der Waals surface area contributed by atoms with E-state index in [2.05, 4.69) is 10.3 Å². The third kappa shape index (κ3) is 1.52. The molecule has 1 aromatic rings. The maximum absolute atomic E-state index is 7.53. The lowest BCUT2D eigenvalue weighted by atomic mass is 10.2. The van der Waals surface area contributed by atoms with Gasteiger partial charge in [0.15, 0.2) is 17.6 Å². The number of ether oxygens (including phenoxy) is 2. The summed E-state index contributed by atoms with van der Waals surface area (Å²) < 4.78 is 18.9. The summed E-state index contributed by atoms with van der Waals surface area (Å²) in [6.07, 6.45) is -0.170. The maximum atomic E-state index is 7.53. The normalized spacial score (nSPS) is 24.1. The number of fused-ring (bicyclic) bond motifs is 1. The third-order valence-electron chi connectivity index (χ3n) is 2.45. The van der Waals surface area contributed by atoms with Crippen LogP contribution in [0.3, 0.4) is 0 Å². The molecule has 4 heteroatoms. The average molecular weight is 205 g/mol. The predicted octanol–water partition coefficient (Wildman–Crippen LogP) is 0.828. The van der Waals surface area contributed by atoms with Crippen LogP contribution in [0.4, 0.5) is 0 Å². The van der Waals surface area contributed by atoms with E-state index in [1.165, 1.54) is 0 Å². The van der Waals surface area contributed by atoms with Crippen molar-refractivity contribution in [2.45, 2.75) is 6.10 Å². The molecule has 2 aliphatic rings. The molecule has 1 atom stereocenters. The second-order valence-electron chi connectivity index (χ2n) is 3.48. The monoisotopic (exact) mass is 205 g/mol. The summed E-state index contributed by atoms with van der Waals surface area (Å²) in [6.45, 7) is 2.12. The van der Waals surface area contributed by atoms with Crippen LogP contribution >= 0.6 is 0 Å². The molecule has 4 nitrogen and oxygen atoms in total. The van der Waals surface area contributed by atoms with Crippen molar-refractivity contribution in [2.75, 3.05) is 19.7 Å². The zero-order valence-electron chi connectivity index (χ0n) is 9.19. The van der Waals surface area contributed by atoms with Crippen LogP contribution in [0, 0.1) is 0 Å². The maximum Gasteiger partial charge on any atom is 0.189 e. The Morgan fingerprint density at radius 2 is 2.47 bits per heavy atom. The Morgan fingerprint density at radius 3 is 3.33 bits per heavy atom. The Bertz CT molecular complexity index is 448. The number of benzene rings is 1. The Hall–Kier alpha value is -1.71. The van der Waals surface area contributed by atoms with Gasteiger partial charge >= 0.3 is 0 Å². The molecule has 78 valence electrons. The zero-order chi connectivity index (χ0) is 11.0. The van der Waals surface area contributed by atoms with Crippen molar-refractivity contribution in [1.82, 2.24) is 5.32 Å². The highest BCUT2D eigenvalue weighted by Gasteiger charge is 2.26. The minimum atomic E-state index is -0.170. The molecule has 1 N–H and O–H groups in total. The molecule has 2 aliphatic heterocycles. The number of nitrogens with one attached hydrogen (secondary N) is 1. The van der Waals surface area contributed by atoms with Gasteiger partial charge in [-0.25, -0.2) is 0 Å². The number of amidine groups is 1. The van der Waals surface area contributed by atoms with E-state index in [0.29, 0.717) is 24.1 Å². The van der Waals surface area contributed by atoms with Gasteiger partial charge in [0.05, 0.1) is 7.92 Å². The summed E-state index contributed by atoms with van der Waals surface area (Å²) in [5, 5.41) is 3.17. The smallest absolute Gasteiger partial charge is 0.189 e. The van der Waals surface area contributed by atoms with Crippen LogP contribution in [0.2, 0.25) is 0 Å². The van der Waals surface area contributed by atoms with Crippen molar-refractivity contribution in [3.8, 4) is 11.5 Å². The number of hydrogen-bond acceptors (Lipinski definition) is 4. The van der Waals surface area contributed by atoms with Gasteiger partial charge in [0.1, 0.15) is 12.4 Å². The van der Waals surface area contributed by atoms with E-state index >= 15 is 0 Å². The molecule has 0 aliphatic carbocycles. The molecule has 0 fully saturated rings. The Kier molecular flexibility index (Phi) is 1.74. The second-order valence-corrected chi connectivity index (χ2v) is 3.48. The van der Waals surface area contributed by atoms with Gasteiger partial charge < -0.3 is 14.8 Å². The molecular weight excluding hydrogens is 192 g/mol. The van der Waals surface area contributed by atoms with Gasteiger partial charge in [-0.1, -0.05) is 12.1 Å². The van der Waals surface area contributed by atoms with Crippen molar-refractivity contribution >= 4 is 5.84 Å². The first kappa shape index (κ1) is 7.56. The molecule has 0 radical (unpaired) electrons. The van der Waals surface area contributed by atoms with Crippen molar-refractivity contribution in [2.24, 2.45) is 4.99 Å². The highest BCUT2D eigenvalue weighted by Crippen LogP contribution is 2.31. The Labute approximate surface area is 89.3 Å². The third-order valence-corrected chi connectivity index (χ3v) is 2.45. The lowest BCUT2D eigenvalue weighted by Crippen LogP contribution is -2.42. The fourth-order valence-electron chi connectivity index (χ4n) is 1.73. The first-order valence-corrected chi connectivity index (χ1v) is 5.01. The van der Waals surface area contributed by atoms with E-state index in [-0.39, 0.29) is 6.10 Å². The first-order valence-electron chi connectivity index (χ1n) is 5.51. The number of nitrogens with zero attached hydrogens (tertiary/aromatic N) is 1. The van der Waals surface area contributed by atoms with Crippen molar-refractivity contribution in [3.63, 3.8) is 0 Å². The van der Waals surface area contributed by atoms with E-state index < -0.39 is 0 Å². The number of hydrogen-bond donors (Lipinski definition) is 1. The number of rotatable bonds is 1. The highest BCUT2D eigenvalue weighted by molar-refractivity contribution is 5.88. The summed E-state index contributed by atoms with van der Waals surface area (Å²) in [5.41, 5.74) is 0. The molecule has 0 unspecified atom stereocenters. The predicted molar refractivity (Wildman–Crippen MR) is 56.7 cm³/mol. The van der Waals surface area contributed by atoms with Crippen LogP contribution in [0.1, 0.15) is 1.37 Å². The summed E-state index contributed by atoms with van der Waals surface area (Å²) >= 11 is 0. The summed E-state index contributed by atoms with van der Waals surface area (Å²) in [5.74, 6) is 2.17. The van der Waals surface area contributed by atoms with Gasteiger partial charge in [-0.3, -0.25) is 4.99 Å². The molecule has 15 heavy (non-hydrogen) atoms. The van der Waals surface area contributed by atoms with E-state index in [0.717, 1.165) is 18.9 Å². The standard InChI is InChI=1S/C11H12N2O2/c1-2-4-9-8(3-1)14-7-10(15-9)11-12-5-6-13-11/h1-4,10H,5-7H2,(H,12,13)/t10-/m0/s1/i2D. The SMILES string of the molecule is [2H]c1ccc2c(c1)O[C@H](C1=NCCN1)CO2. The lowest BCUT2D eigenvalue weighted by Gasteiger charge is -2.26. The quantitative estimate of drug-likeness (QED) is 0.738. The van der Waals surface area contributed by atoms with E-state index in [4.69, 9.17) is 10.8 Å². The van der Waals surface area contributed by atoms with Gasteiger partial charge in [-0.05, 0) is 12.1 Å². The molecule has 2 heterocycles. The van der Waals surface area contributed by atoms with Gasteiger partial charge in [-0.2, -0.15) is 0 Å². The zero-order valence-corrected chi connectivity index (χ0v) is 8.19.